The van der Waals surface area contributed by atoms with Crippen molar-refractivity contribution in [3.63, 3.8) is 0 Å². The Kier molecular flexibility index (Phi) is 5.31. The van der Waals surface area contributed by atoms with E-state index >= 15 is 0 Å². The molecule has 1 fully saturated rings. The SMILES string of the molecule is C[C@H]1CN(c2cc(Cl)cc(-c3ncnc4c3C(C(F)P)OC(=O)N4)n2)CCN1. The molecule has 2 aromatic heterocycles. The zero-order valence-corrected chi connectivity index (χ0v) is 16.9. The van der Waals surface area contributed by atoms with Crippen LogP contribution in [0.25, 0.3) is 11.4 Å². The molecule has 0 radical (unpaired) electrons. The number of carbonyl (C=O) groups is 1. The summed E-state index contributed by atoms with van der Waals surface area (Å²) in [6, 6.07) is 3.77. The standard InChI is InChI=1S/C17H19ClFN6O2P/c1-8-6-25(3-2-20-8)11-5-9(18)4-10(23-11)13-12-14(15(19)28)27-17(26)24-16(12)22-7-21-13/h4-5,7-8,14-15,20H,2-3,6,28H2,1H3,(H,21,22,24,26)/t8-,14?,15?/m0/s1. The van der Waals surface area contributed by atoms with Gasteiger partial charge in [0.2, 0.25) is 0 Å². The van der Waals surface area contributed by atoms with Gasteiger partial charge in [-0.2, -0.15) is 0 Å². The highest BCUT2D eigenvalue weighted by Gasteiger charge is 2.35. The average molecular weight is 425 g/mol. The van der Waals surface area contributed by atoms with E-state index in [-0.39, 0.29) is 5.82 Å². The van der Waals surface area contributed by atoms with Gasteiger partial charge in [-0.25, -0.2) is 24.1 Å². The molecule has 2 aromatic rings. The van der Waals surface area contributed by atoms with Crippen molar-refractivity contribution in [2.75, 3.05) is 29.9 Å². The number of alkyl halides is 1. The summed E-state index contributed by atoms with van der Waals surface area (Å²) in [6.45, 7) is 4.52. The summed E-state index contributed by atoms with van der Waals surface area (Å²) in [5, 5.41) is 6.35. The summed E-state index contributed by atoms with van der Waals surface area (Å²) in [5.74, 6) is -0.610. The van der Waals surface area contributed by atoms with Gasteiger partial charge in [0.25, 0.3) is 0 Å². The summed E-state index contributed by atoms with van der Waals surface area (Å²) in [6.07, 6.45) is -0.627. The molecule has 1 saturated heterocycles. The highest BCUT2D eigenvalue weighted by molar-refractivity contribution is 7.17. The van der Waals surface area contributed by atoms with Crippen molar-refractivity contribution in [2.24, 2.45) is 0 Å². The number of cyclic esters (lactones) is 1. The minimum absolute atomic E-state index is 0.204. The van der Waals surface area contributed by atoms with E-state index in [0.29, 0.717) is 33.8 Å². The zero-order chi connectivity index (χ0) is 19.8. The highest BCUT2D eigenvalue weighted by atomic mass is 35.5. The van der Waals surface area contributed by atoms with Crippen molar-refractivity contribution in [3.05, 3.63) is 29.0 Å². The zero-order valence-electron chi connectivity index (χ0n) is 15.0. The molecular formula is C17H19ClFN6O2P. The molecule has 3 unspecified atom stereocenters. The van der Waals surface area contributed by atoms with Gasteiger partial charge in [0.15, 0.2) is 12.0 Å². The minimum Gasteiger partial charge on any atom is -0.437 e. The van der Waals surface area contributed by atoms with Crippen molar-refractivity contribution in [3.8, 4) is 11.4 Å². The van der Waals surface area contributed by atoms with Crippen LogP contribution < -0.4 is 15.5 Å². The number of pyridine rings is 1. The predicted molar refractivity (Wildman–Crippen MR) is 107 cm³/mol. The highest BCUT2D eigenvalue weighted by Crippen LogP contribution is 2.40. The number of aromatic nitrogens is 3. The third-order valence-electron chi connectivity index (χ3n) is 4.62. The van der Waals surface area contributed by atoms with Crippen molar-refractivity contribution in [1.29, 1.82) is 0 Å². The quantitative estimate of drug-likeness (QED) is 0.732. The summed E-state index contributed by atoms with van der Waals surface area (Å²) in [7, 11) is 2.00. The smallest absolute Gasteiger partial charge is 0.413 e. The Labute approximate surface area is 168 Å². The van der Waals surface area contributed by atoms with Crippen LogP contribution in [0.15, 0.2) is 18.5 Å². The van der Waals surface area contributed by atoms with Gasteiger partial charge in [-0.3, -0.25) is 5.32 Å². The fourth-order valence-electron chi connectivity index (χ4n) is 3.40. The third kappa shape index (κ3) is 3.74. The first-order valence-corrected chi connectivity index (χ1v) is 9.85. The summed E-state index contributed by atoms with van der Waals surface area (Å²) in [4.78, 5) is 26.9. The van der Waals surface area contributed by atoms with Crippen LogP contribution in [0.4, 0.5) is 20.8 Å². The Morgan fingerprint density at radius 2 is 2.25 bits per heavy atom. The van der Waals surface area contributed by atoms with Gasteiger partial charge in [-0.15, -0.1) is 0 Å². The second-order valence-corrected chi connectivity index (χ2v) is 7.78. The third-order valence-corrected chi connectivity index (χ3v) is 5.19. The molecule has 0 saturated carbocycles. The van der Waals surface area contributed by atoms with E-state index in [4.69, 9.17) is 21.3 Å². The van der Waals surface area contributed by atoms with E-state index < -0.39 is 18.1 Å². The minimum atomic E-state index is -1.53. The van der Waals surface area contributed by atoms with Gasteiger partial charge in [0, 0.05) is 30.7 Å². The molecule has 2 N–H and O–H groups in total. The molecule has 0 spiro atoms. The lowest BCUT2D eigenvalue weighted by Crippen LogP contribution is -2.49. The number of amides is 1. The number of halogens is 2. The van der Waals surface area contributed by atoms with E-state index in [1.54, 1.807) is 12.1 Å². The van der Waals surface area contributed by atoms with Gasteiger partial charge in [-0.1, -0.05) is 20.8 Å². The molecule has 2 aliphatic heterocycles. The first-order chi connectivity index (χ1) is 13.4. The van der Waals surface area contributed by atoms with E-state index in [9.17, 15) is 9.18 Å². The monoisotopic (exact) mass is 424 g/mol. The van der Waals surface area contributed by atoms with Crippen LogP contribution in [0.3, 0.4) is 0 Å². The summed E-state index contributed by atoms with van der Waals surface area (Å²) >= 11 is 6.36. The second kappa shape index (κ2) is 7.73. The average Bonchev–Trinajstić information content (AvgIpc) is 2.66. The van der Waals surface area contributed by atoms with Crippen molar-refractivity contribution in [2.45, 2.75) is 25.0 Å². The summed E-state index contributed by atoms with van der Waals surface area (Å²) < 4.78 is 19.3. The largest absolute Gasteiger partial charge is 0.437 e. The lowest BCUT2D eigenvalue weighted by Gasteiger charge is -2.33. The van der Waals surface area contributed by atoms with Gasteiger partial charge in [0.1, 0.15) is 23.7 Å². The lowest BCUT2D eigenvalue weighted by molar-refractivity contribution is 0.0777. The van der Waals surface area contributed by atoms with E-state index in [1.165, 1.54) is 6.33 Å². The number of nitrogens with one attached hydrogen (secondary N) is 2. The van der Waals surface area contributed by atoms with Crippen LogP contribution in [0.2, 0.25) is 5.02 Å². The number of hydrogen-bond donors (Lipinski definition) is 2. The number of fused-ring (bicyclic) bond motifs is 1. The van der Waals surface area contributed by atoms with Crippen LogP contribution in [0.5, 0.6) is 0 Å². The topological polar surface area (TPSA) is 92.3 Å². The molecule has 4 atom stereocenters. The van der Waals surface area contributed by atoms with Gasteiger partial charge in [0.05, 0.1) is 11.3 Å². The molecule has 4 rings (SSSR count). The Morgan fingerprint density at radius 1 is 1.43 bits per heavy atom. The Hall–Kier alpha value is -2.09. The number of ether oxygens (including phenoxy) is 1. The van der Waals surface area contributed by atoms with Crippen LogP contribution in [0, 0.1) is 0 Å². The lowest BCUT2D eigenvalue weighted by atomic mass is 10.0. The molecule has 0 aromatic carbocycles. The first kappa shape index (κ1) is 19.2. The van der Waals surface area contributed by atoms with E-state index in [2.05, 4.69) is 32.4 Å². The van der Waals surface area contributed by atoms with Gasteiger partial charge >= 0.3 is 6.09 Å². The molecule has 11 heteroatoms. The number of carbonyl (C=O) groups excluding carboxylic acids is 1. The fourth-order valence-corrected chi connectivity index (χ4v) is 3.87. The molecule has 1 amide bonds. The number of nitrogens with zero attached hydrogens (tertiary/aromatic N) is 4. The van der Waals surface area contributed by atoms with Crippen LogP contribution >= 0.6 is 20.8 Å². The Balaban J connectivity index is 1.80. The molecule has 148 valence electrons. The predicted octanol–water partition coefficient (Wildman–Crippen LogP) is 2.76. The first-order valence-electron chi connectivity index (χ1n) is 8.81. The molecule has 8 nitrogen and oxygen atoms in total. The summed E-state index contributed by atoms with van der Waals surface area (Å²) in [5.41, 5.74) is 1.16. The maximum Gasteiger partial charge on any atom is 0.413 e. The maximum absolute atomic E-state index is 14.2. The molecule has 0 aliphatic carbocycles. The van der Waals surface area contributed by atoms with Crippen molar-refractivity contribution >= 4 is 38.6 Å². The maximum atomic E-state index is 14.2. The van der Waals surface area contributed by atoms with E-state index in [1.807, 2.05) is 9.24 Å². The van der Waals surface area contributed by atoms with Crippen molar-refractivity contribution < 1.29 is 13.9 Å². The normalized spacial score (nSPS) is 22.9. The van der Waals surface area contributed by atoms with E-state index in [0.717, 1.165) is 19.6 Å². The van der Waals surface area contributed by atoms with Gasteiger partial charge < -0.3 is 15.0 Å². The molecule has 2 aliphatic rings. The molecular weight excluding hydrogens is 406 g/mol. The molecule has 0 bridgehead atoms. The number of piperazine rings is 1. The van der Waals surface area contributed by atoms with Crippen LogP contribution in [-0.4, -0.2) is 52.6 Å². The fraction of sp³-hybridized carbons (Fsp3) is 0.412. The van der Waals surface area contributed by atoms with Crippen LogP contribution in [0.1, 0.15) is 18.6 Å². The molecule has 4 heterocycles. The number of hydrogen-bond acceptors (Lipinski definition) is 7. The number of rotatable bonds is 3. The Bertz CT molecular complexity index is 917. The number of anilines is 2. The molecule has 28 heavy (non-hydrogen) atoms. The van der Waals surface area contributed by atoms with Crippen LogP contribution in [-0.2, 0) is 4.74 Å². The Morgan fingerprint density at radius 3 is 3.00 bits per heavy atom. The second-order valence-electron chi connectivity index (χ2n) is 6.71. The van der Waals surface area contributed by atoms with Crippen molar-refractivity contribution in [1.82, 2.24) is 20.3 Å². The van der Waals surface area contributed by atoms with Gasteiger partial charge in [-0.05, 0) is 19.1 Å².